The predicted molar refractivity (Wildman–Crippen MR) is 73.5 cm³/mol. The van der Waals surface area contributed by atoms with Crippen molar-refractivity contribution in [2.75, 3.05) is 11.1 Å². The molecule has 19 heavy (non-hydrogen) atoms. The normalized spacial score (nSPS) is 9.95. The van der Waals surface area contributed by atoms with Crippen molar-refractivity contribution in [2.45, 2.75) is 13.5 Å². The molecule has 1 aromatic heterocycles. The summed E-state index contributed by atoms with van der Waals surface area (Å²) < 4.78 is 0. The van der Waals surface area contributed by atoms with Crippen LogP contribution in [0.15, 0.2) is 36.7 Å². The van der Waals surface area contributed by atoms with Gasteiger partial charge in [0.15, 0.2) is 0 Å². The number of nitrogens with one attached hydrogen (secondary N) is 2. The number of nitrogens with two attached hydrogens (primary N) is 1. The molecule has 2 rings (SSSR count). The molecule has 0 aliphatic carbocycles. The van der Waals surface area contributed by atoms with E-state index in [1.165, 1.54) is 0 Å². The van der Waals surface area contributed by atoms with E-state index in [1.807, 2.05) is 6.92 Å². The number of benzene rings is 1. The second kappa shape index (κ2) is 5.81. The SMILES string of the molecule is Cc1cnc(CNC(=O)Nc2cccc(N)c2)cn1. The third kappa shape index (κ3) is 3.95. The Hall–Kier alpha value is -2.63. The summed E-state index contributed by atoms with van der Waals surface area (Å²) in [6.07, 6.45) is 3.29. The molecule has 0 aliphatic rings. The number of hydrogen-bond acceptors (Lipinski definition) is 4. The molecule has 0 bridgehead atoms. The van der Waals surface area contributed by atoms with Gasteiger partial charge in [-0.05, 0) is 25.1 Å². The highest BCUT2D eigenvalue weighted by atomic mass is 16.2. The molecule has 0 fully saturated rings. The number of carbonyl (C=O) groups is 1. The summed E-state index contributed by atoms with van der Waals surface area (Å²) in [5.41, 5.74) is 8.41. The first kappa shape index (κ1) is 12.8. The van der Waals surface area contributed by atoms with Crippen LogP contribution in [0.3, 0.4) is 0 Å². The first-order valence-electron chi connectivity index (χ1n) is 5.81. The number of hydrogen-bond donors (Lipinski definition) is 3. The smallest absolute Gasteiger partial charge is 0.319 e. The maximum atomic E-state index is 11.7. The quantitative estimate of drug-likeness (QED) is 0.729. The van der Waals surface area contributed by atoms with Gasteiger partial charge in [0.2, 0.25) is 0 Å². The van der Waals surface area contributed by atoms with Crippen molar-refractivity contribution in [3.8, 4) is 0 Å². The van der Waals surface area contributed by atoms with Crippen LogP contribution in [0.2, 0.25) is 0 Å². The summed E-state index contributed by atoms with van der Waals surface area (Å²) in [7, 11) is 0. The lowest BCUT2D eigenvalue weighted by Gasteiger charge is -2.07. The summed E-state index contributed by atoms with van der Waals surface area (Å²) in [6.45, 7) is 2.18. The van der Waals surface area contributed by atoms with Gasteiger partial charge in [0, 0.05) is 17.6 Å². The van der Waals surface area contributed by atoms with Crippen LogP contribution >= 0.6 is 0 Å². The Labute approximate surface area is 111 Å². The van der Waals surface area contributed by atoms with Crippen LogP contribution in [-0.4, -0.2) is 16.0 Å². The lowest BCUT2D eigenvalue weighted by atomic mass is 10.3. The van der Waals surface area contributed by atoms with Crippen molar-refractivity contribution in [2.24, 2.45) is 0 Å². The van der Waals surface area contributed by atoms with Crippen molar-refractivity contribution >= 4 is 17.4 Å². The number of anilines is 2. The van der Waals surface area contributed by atoms with E-state index in [-0.39, 0.29) is 6.03 Å². The fraction of sp³-hybridized carbons (Fsp3) is 0.154. The van der Waals surface area contributed by atoms with E-state index in [0.717, 1.165) is 5.69 Å². The topological polar surface area (TPSA) is 92.9 Å². The molecule has 0 saturated carbocycles. The maximum Gasteiger partial charge on any atom is 0.319 e. The van der Waals surface area contributed by atoms with E-state index in [2.05, 4.69) is 20.6 Å². The van der Waals surface area contributed by atoms with Crippen molar-refractivity contribution in [1.29, 1.82) is 0 Å². The molecule has 0 unspecified atom stereocenters. The Morgan fingerprint density at radius 3 is 2.84 bits per heavy atom. The van der Waals surface area contributed by atoms with Gasteiger partial charge in [-0.3, -0.25) is 9.97 Å². The number of urea groups is 1. The lowest BCUT2D eigenvalue weighted by molar-refractivity contribution is 0.251. The zero-order valence-electron chi connectivity index (χ0n) is 10.6. The van der Waals surface area contributed by atoms with Crippen molar-refractivity contribution < 1.29 is 4.79 Å². The minimum absolute atomic E-state index is 0.312. The third-order valence-electron chi connectivity index (χ3n) is 2.41. The fourth-order valence-corrected chi connectivity index (χ4v) is 1.47. The van der Waals surface area contributed by atoms with Crippen molar-refractivity contribution in [3.05, 3.63) is 48.0 Å². The monoisotopic (exact) mass is 257 g/mol. The number of amides is 2. The van der Waals surface area contributed by atoms with Crippen molar-refractivity contribution in [1.82, 2.24) is 15.3 Å². The van der Waals surface area contributed by atoms with Crippen LogP contribution in [0.1, 0.15) is 11.4 Å². The Morgan fingerprint density at radius 1 is 1.32 bits per heavy atom. The predicted octanol–water partition coefficient (Wildman–Crippen LogP) is 1.69. The van der Waals surface area contributed by atoms with E-state index in [0.29, 0.717) is 23.6 Å². The van der Waals surface area contributed by atoms with Gasteiger partial charge in [-0.15, -0.1) is 0 Å². The van der Waals surface area contributed by atoms with Crippen LogP contribution in [0, 0.1) is 6.92 Å². The largest absolute Gasteiger partial charge is 0.399 e. The van der Waals surface area contributed by atoms with E-state index in [4.69, 9.17) is 5.73 Å². The van der Waals surface area contributed by atoms with Gasteiger partial charge in [-0.2, -0.15) is 0 Å². The van der Waals surface area contributed by atoms with Gasteiger partial charge < -0.3 is 16.4 Å². The van der Waals surface area contributed by atoms with Gasteiger partial charge in [-0.25, -0.2) is 4.79 Å². The highest BCUT2D eigenvalue weighted by Gasteiger charge is 2.02. The second-order valence-electron chi connectivity index (χ2n) is 4.08. The standard InChI is InChI=1S/C13H15N5O/c1-9-6-16-12(7-15-9)8-17-13(19)18-11-4-2-3-10(14)5-11/h2-7H,8,14H2,1H3,(H2,17,18,19). The summed E-state index contributed by atoms with van der Waals surface area (Å²) >= 11 is 0. The molecule has 1 aromatic carbocycles. The number of nitrogens with zero attached hydrogens (tertiary/aromatic N) is 2. The molecule has 6 nitrogen and oxygen atoms in total. The first-order valence-corrected chi connectivity index (χ1v) is 5.81. The van der Waals surface area contributed by atoms with Gasteiger partial charge in [0.1, 0.15) is 0 Å². The fourth-order valence-electron chi connectivity index (χ4n) is 1.47. The average Bonchev–Trinajstić information content (AvgIpc) is 2.38. The number of aryl methyl sites for hydroxylation is 1. The molecule has 0 aliphatic heterocycles. The first-order chi connectivity index (χ1) is 9.13. The Kier molecular flexibility index (Phi) is 3.92. The van der Waals surface area contributed by atoms with Gasteiger partial charge in [0.05, 0.1) is 24.1 Å². The number of aromatic nitrogens is 2. The minimum atomic E-state index is -0.312. The van der Waals surface area contributed by atoms with Crippen LogP contribution in [0.4, 0.5) is 16.2 Å². The molecular formula is C13H15N5O. The summed E-state index contributed by atoms with van der Waals surface area (Å²) in [5, 5.41) is 5.38. The highest BCUT2D eigenvalue weighted by molar-refractivity contribution is 5.89. The zero-order chi connectivity index (χ0) is 13.7. The molecule has 0 atom stereocenters. The molecule has 6 heteroatoms. The summed E-state index contributed by atoms with van der Waals surface area (Å²) in [4.78, 5) is 19.9. The lowest BCUT2D eigenvalue weighted by Crippen LogP contribution is -2.28. The highest BCUT2D eigenvalue weighted by Crippen LogP contribution is 2.11. The summed E-state index contributed by atoms with van der Waals surface area (Å²) in [6, 6.07) is 6.67. The number of nitrogen functional groups attached to an aromatic ring is 1. The number of carbonyl (C=O) groups excluding carboxylic acids is 1. The average molecular weight is 257 g/mol. The third-order valence-corrected chi connectivity index (χ3v) is 2.41. The van der Waals surface area contributed by atoms with E-state index in [1.54, 1.807) is 36.7 Å². The Balaban J connectivity index is 1.86. The molecule has 0 saturated heterocycles. The zero-order valence-corrected chi connectivity index (χ0v) is 10.6. The molecule has 0 radical (unpaired) electrons. The van der Waals surface area contributed by atoms with Crippen LogP contribution in [0.25, 0.3) is 0 Å². The van der Waals surface area contributed by atoms with E-state index < -0.39 is 0 Å². The van der Waals surface area contributed by atoms with Gasteiger partial charge in [0.25, 0.3) is 0 Å². The molecule has 98 valence electrons. The summed E-state index contributed by atoms with van der Waals surface area (Å²) in [5.74, 6) is 0. The molecule has 4 N–H and O–H groups in total. The van der Waals surface area contributed by atoms with Gasteiger partial charge in [-0.1, -0.05) is 6.07 Å². The molecule has 2 amide bonds. The van der Waals surface area contributed by atoms with Gasteiger partial charge >= 0.3 is 6.03 Å². The number of rotatable bonds is 3. The van der Waals surface area contributed by atoms with Crippen LogP contribution in [-0.2, 0) is 6.54 Å². The Bertz CT molecular complexity index is 568. The maximum absolute atomic E-state index is 11.7. The van der Waals surface area contributed by atoms with Crippen LogP contribution in [0.5, 0.6) is 0 Å². The van der Waals surface area contributed by atoms with Crippen LogP contribution < -0.4 is 16.4 Å². The molecular weight excluding hydrogens is 242 g/mol. The molecule has 1 heterocycles. The Morgan fingerprint density at radius 2 is 2.16 bits per heavy atom. The minimum Gasteiger partial charge on any atom is -0.399 e. The molecule has 0 spiro atoms. The van der Waals surface area contributed by atoms with E-state index >= 15 is 0 Å². The second-order valence-corrected chi connectivity index (χ2v) is 4.08. The van der Waals surface area contributed by atoms with E-state index in [9.17, 15) is 4.79 Å². The molecule has 2 aromatic rings. The van der Waals surface area contributed by atoms with Crippen molar-refractivity contribution in [3.63, 3.8) is 0 Å².